The number of fused-ring (bicyclic) bond motifs is 1. The molecule has 0 amide bonds. The minimum atomic E-state index is -3.79. The Morgan fingerprint density at radius 1 is 1.17 bits per heavy atom. The molecule has 0 saturated carbocycles. The highest BCUT2D eigenvalue weighted by Crippen LogP contribution is 2.42. The minimum absolute atomic E-state index is 0.0945. The summed E-state index contributed by atoms with van der Waals surface area (Å²) in [6.45, 7) is 2.24. The van der Waals surface area contributed by atoms with Gasteiger partial charge in [0.25, 0.3) is 10.0 Å². The fourth-order valence-corrected chi connectivity index (χ4v) is 6.92. The summed E-state index contributed by atoms with van der Waals surface area (Å²) in [6, 6.07) is 18.2. The Hall–Kier alpha value is -2.68. The molecule has 4 rings (SSSR count). The van der Waals surface area contributed by atoms with Gasteiger partial charge in [0.1, 0.15) is 22.6 Å². The molecular formula is C22H21NO5S2. The highest BCUT2D eigenvalue weighted by atomic mass is 32.2. The third-order valence-electron chi connectivity index (χ3n) is 5.05. The summed E-state index contributed by atoms with van der Waals surface area (Å²) in [6.07, 6.45) is 0.223. The van der Waals surface area contributed by atoms with Crippen molar-refractivity contribution in [1.82, 2.24) is 4.31 Å². The maximum atomic E-state index is 12.9. The van der Waals surface area contributed by atoms with Gasteiger partial charge in [0.05, 0.1) is 0 Å². The summed E-state index contributed by atoms with van der Waals surface area (Å²) in [5.74, 6) is -0.389. The molecule has 1 N–H and O–H groups in total. The van der Waals surface area contributed by atoms with E-state index in [0.717, 1.165) is 26.1 Å². The first-order valence-electron chi connectivity index (χ1n) is 9.54. The fourth-order valence-electron chi connectivity index (χ4n) is 3.48. The van der Waals surface area contributed by atoms with E-state index in [4.69, 9.17) is 4.74 Å². The molecule has 30 heavy (non-hydrogen) atoms. The van der Waals surface area contributed by atoms with E-state index in [-0.39, 0.29) is 17.2 Å². The normalized spacial score (nSPS) is 16.2. The smallest absolute Gasteiger partial charge is 0.322 e. The summed E-state index contributed by atoms with van der Waals surface area (Å²) < 4.78 is 32.8. The number of sulfonamides is 1. The summed E-state index contributed by atoms with van der Waals surface area (Å²) in [5, 5.41) is 9.34. The highest BCUT2D eigenvalue weighted by molar-refractivity contribution is 7.91. The average molecular weight is 444 g/mol. The molecule has 1 aliphatic heterocycles. The number of thiophene rings is 1. The maximum absolute atomic E-state index is 12.9. The van der Waals surface area contributed by atoms with Gasteiger partial charge in [0.2, 0.25) is 0 Å². The average Bonchev–Trinajstić information content (AvgIpc) is 3.27. The summed E-state index contributed by atoms with van der Waals surface area (Å²) >= 11 is 1.18. The summed E-state index contributed by atoms with van der Waals surface area (Å²) in [5.41, 5.74) is 2.63. The maximum Gasteiger partial charge on any atom is 0.322 e. The van der Waals surface area contributed by atoms with Crippen LogP contribution in [0.1, 0.15) is 24.5 Å². The Morgan fingerprint density at radius 3 is 2.47 bits per heavy atom. The van der Waals surface area contributed by atoms with Crippen LogP contribution in [0.2, 0.25) is 0 Å². The van der Waals surface area contributed by atoms with Gasteiger partial charge < -0.3 is 9.84 Å². The van der Waals surface area contributed by atoms with Crippen LogP contribution in [0.4, 0.5) is 0 Å². The van der Waals surface area contributed by atoms with E-state index < -0.39 is 22.0 Å². The van der Waals surface area contributed by atoms with Crippen LogP contribution in [-0.4, -0.2) is 29.8 Å². The minimum Gasteiger partial charge on any atom is -0.489 e. The fraction of sp³-hybridized carbons (Fsp3) is 0.227. The van der Waals surface area contributed by atoms with Crippen molar-refractivity contribution in [2.75, 3.05) is 0 Å². The molecule has 0 bridgehead atoms. The van der Waals surface area contributed by atoms with Gasteiger partial charge in [0.15, 0.2) is 0 Å². The van der Waals surface area contributed by atoms with Crippen molar-refractivity contribution in [3.8, 4) is 16.2 Å². The molecule has 0 spiro atoms. The van der Waals surface area contributed by atoms with E-state index in [0.29, 0.717) is 12.2 Å². The predicted octanol–water partition coefficient (Wildman–Crippen LogP) is 4.36. The molecule has 3 aromatic rings. The lowest BCUT2D eigenvalue weighted by Crippen LogP contribution is -2.40. The quantitative estimate of drug-likeness (QED) is 0.587. The van der Waals surface area contributed by atoms with Crippen LogP contribution in [0.15, 0.2) is 64.9 Å². The molecule has 1 aliphatic rings. The van der Waals surface area contributed by atoms with E-state index in [1.165, 1.54) is 11.3 Å². The van der Waals surface area contributed by atoms with Gasteiger partial charge in [-0.3, -0.25) is 4.79 Å². The van der Waals surface area contributed by atoms with Crippen LogP contribution >= 0.6 is 11.3 Å². The van der Waals surface area contributed by atoms with Crippen LogP contribution in [0.25, 0.3) is 10.4 Å². The molecule has 2 heterocycles. The lowest BCUT2D eigenvalue weighted by atomic mass is 10.1. The summed E-state index contributed by atoms with van der Waals surface area (Å²) in [4.78, 5) is 12.3. The molecule has 156 valence electrons. The number of benzene rings is 2. The Bertz CT molecular complexity index is 1150. The molecular weight excluding hydrogens is 422 g/mol. The van der Waals surface area contributed by atoms with Gasteiger partial charge in [-0.25, -0.2) is 8.42 Å². The first-order chi connectivity index (χ1) is 14.4. The van der Waals surface area contributed by atoms with Crippen LogP contribution < -0.4 is 4.74 Å². The number of carboxylic acids is 1. The second-order valence-electron chi connectivity index (χ2n) is 7.03. The third-order valence-corrected chi connectivity index (χ3v) is 8.68. The molecule has 0 radical (unpaired) electrons. The molecule has 1 atom stereocenters. The highest BCUT2D eigenvalue weighted by Gasteiger charge is 2.43. The van der Waals surface area contributed by atoms with Crippen molar-refractivity contribution in [3.05, 3.63) is 71.8 Å². The Morgan fingerprint density at radius 2 is 1.87 bits per heavy atom. The molecule has 1 aromatic heterocycles. The van der Waals surface area contributed by atoms with E-state index in [1.807, 2.05) is 60.7 Å². The van der Waals surface area contributed by atoms with Crippen LogP contribution in [0.3, 0.4) is 0 Å². The van der Waals surface area contributed by atoms with Crippen molar-refractivity contribution in [3.63, 3.8) is 0 Å². The number of nitrogens with zero attached hydrogens (tertiary/aromatic N) is 1. The van der Waals surface area contributed by atoms with E-state index in [2.05, 4.69) is 0 Å². The number of carboxylic acid groups (broad SMARTS) is 1. The lowest BCUT2D eigenvalue weighted by molar-refractivity contribution is -0.141. The molecule has 0 aliphatic carbocycles. The van der Waals surface area contributed by atoms with E-state index in [1.54, 1.807) is 6.92 Å². The van der Waals surface area contributed by atoms with Gasteiger partial charge in [-0.2, -0.15) is 4.31 Å². The molecule has 1 unspecified atom stereocenters. The van der Waals surface area contributed by atoms with E-state index >= 15 is 0 Å². The zero-order chi connectivity index (χ0) is 21.3. The van der Waals surface area contributed by atoms with Crippen molar-refractivity contribution in [1.29, 1.82) is 0 Å². The van der Waals surface area contributed by atoms with Gasteiger partial charge in [0, 0.05) is 11.4 Å². The molecule has 6 nitrogen and oxygen atoms in total. The SMILES string of the molecule is CCC(C(=O)O)N1Cc2cc(-c3ccc(OCc4ccccc4)cc3)sc2S1(=O)=O. The lowest BCUT2D eigenvalue weighted by Gasteiger charge is -2.21. The summed E-state index contributed by atoms with van der Waals surface area (Å²) in [7, 11) is -3.79. The Kier molecular flexibility index (Phi) is 5.64. The van der Waals surface area contributed by atoms with Gasteiger partial charge >= 0.3 is 5.97 Å². The molecule has 0 fully saturated rings. The first-order valence-corrected chi connectivity index (χ1v) is 11.8. The zero-order valence-corrected chi connectivity index (χ0v) is 17.9. The molecule has 2 aromatic carbocycles. The van der Waals surface area contributed by atoms with Crippen LogP contribution in [0, 0.1) is 0 Å². The first kappa shape index (κ1) is 20.6. The monoisotopic (exact) mass is 443 g/mol. The number of ether oxygens (including phenoxy) is 1. The van der Waals surface area contributed by atoms with Crippen molar-refractivity contribution in [2.45, 2.75) is 36.7 Å². The predicted molar refractivity (Wildman–Crippen MR) is 115 cm³/mol. The zero-order valence-electron chi connectivity index (χ0n) is 16.3. The van der Waals surface area contributed by atoms with Gasteiger partial charge in [-0.1, -0.05) is 37.3 Å². The largest absolute Gasteiger partial charge is 0.489 e. The number of aliphatic carboxylic acids is 1. The number of hydrogen-bond acceptors (Lipinski definition) is 5. The van der Waals surface area contributed by atoms with Gasteiger partial charge in [-0.15, -0.1) is 11.3 Å². The second-order valence-corrected chi connectivity index (χ2v) is 10.2. The van der Waals surface area contributed by atoms with E-state index in [9.17, 15) is 18.3 Å². The Balaban J connectivity index is 1.51. The van der Waals surface area contributed by atoms with Crippen molar-refractivity contribution >= 4 is 27.3 Å². The van der Waals surface area contributed by atoms with Crippen molar-refractivity contribution < 1.29 is 23.1 Å². The number of hydrogen-bond donors (Lipinski definition) is 1. The van der Waals surface area contributed by atoms with Crippen LogP contribution in [-0.2, 0) is 28.0 Å². The van der Waals surface area contributed by atoms with Crippen molar-refractivity contribution in [2.24, 2.45) is 0 Å². The standard InChI is InChI=1S/C22H21NO5S2/c1-2-19(21(24)25)23-13-17-12-20(29-22(17)30(23,26)27)16-8-10-18(11-9-16)28-14-15-6-4-3-5-7-15/h3-12,19H,2,13-14H2,1H3,(H,24,25). The number of carbonyl (C=O) groups is 1. The Labute approximate surface area is 179 Å². The molecule has 0 saturated heterocycles. The number of rotatable bonds is 7. The van der Waals surface area contributed by atoms with Gasteiger partial charge in [-0.05, 0) is 53.4 Å². The second kappa shape index (κ2) is 8.22. The topological polar surface area (TPSA) is 83.9 Å². The van der Waals surface area contributed by atoms with Crippen LogP contribution in [0.5, 0.6) is 5.75 Å². The third kappa shape index (κ3) is 3.86. The molecule has 8 heteroatoms.